The van der Waals surface area contributed by atoms with Crippen LogP contribution in [0.2, 0.25) is 0 Å². The number of nitrogens with zero attached hydrogens (tertiary/aromatic N) is 1. The summed E-state index contributed by atoms with van der Waals surface area (Å²) >= 11 is 0. The number of halogens is 1. The van der Waals surface area contributed by atoms with Crippen LogP contribution in [0, 0.1) is 11.7 Å². The Bertz CT molecular complexity index is 510. The Hall–Kier alpha value is -1.46. The first-order chi connectivity index (χ1) is 11.1. The first-order valence-electron chi connectivity index (χ1n) is 8.46. The number of carbonyl (C=O) groups is 1. The third-order valence-corrected chi connectivity index (χ3v) is 4.36. The second-order valence-corrected chi connectivity index (χ2v) is 6.48. The van der Waals surface area contributed by atoms with E-state index in [1.165, 1.54) is 6.07 Å². The zero-order chi connectivity index (χ0) is 16.7. The van der Waals surface area contributed by atoms with Crippen LogP contribution >= 0.6 is 0 Å². The Kier molecular flexibility index (Phi) is 6.99. The number of rotatable bonds is 7. The number of benzene rings is 1. The molecule has 0 bridgehead atoms. The highest BCUT2D eigenvalue weighted by Crippen LogP contribution is 2.19. The van der Waals surface area contributed by atoms with Crippen molar-refractivity contribution >= 4 is 5.91 Å². The van der Waals surface area contributed by atoms with Crippen LogP contribution in [0.15, 0.2) is 24.3 Å². The Balaban J connectivity index is 1.84. The third kappa shape index (κ3) is 5.92. The van der Waals surface area contributed by atoms with E-state index in [0.29, 0.717) is 13.0 Å². The smallest absolute Gasteiger partial charge is 0.224 e. The molecule has 1 heterocycles. The molecule has 1 aromatic rings. The predicted octanol–water partition coefficient (Wildman–Crippen LogP) is 2.31. The molecule has 23 heavy (non-hydrogen) atoms. The minimum atomic E-state index is -0.216. The van der Waals surface area contributed by atoms with E-state index in [4.69, 9.17) is 5.11 Å². The van der Waals surface area contributed by atoms with Crippen molar-refractivity contribution in [2.45, 2.75) is 45.2 Å². The summed E-state index contributed by atoms with van der Waals surface area (Å²) in [5.74, 6) is -0.125. The summed E-state index contributed by atoms with van der Waals surface area (Å²) in [6.07, 6.45) is 3.39. The average Bonchev–Trinajstić information content (AvgIpc) is 2.53. The van der Waals surface area contributed by atoms with Crippen molar-refractivity contribution in [3.63, 3.8) is 0 Å². The van der Waals surface area contributed by atoms with Gasteiger partial charge >= 0.3 is 0 Å². The highest BCUT2D eigenvalue weighted by Gasteiger charge is 2.26. The minimum absolute atomic E-state index is 0.00566. The number of hydrogen-bond donors (Lipinski definition) is 2. The average molecular weight is 322 g/mol. The molecule has 1 fully saturated rings. The van der Waals surface area contributed by atoms with E-state index >= 15 is 0 Å². The number of likely N-dealkylation sites (tertiary alicyclic amines) is 1. The molecule has 0 saturated carbocycles. The third-order valence-electron chi connectivity index (χ3n) is 4.36. The Morgan fingerprint density at radius 2 is 2.35 bits per heavy atom. The van der Waals surface area contributed by atoms with Gasteiger partial charge in [-0.2, -0.15) is 0 Å². The van der Waals surface area contributed by atoms with Gasteiger partial charge in [0, 0.05) is 25.7 Å². The highest BCUT2D eigenvalue weighted by molar-refractivity contribution is 5.79. The lowest BCUT2D eigenvalue weighted by atomic mass is 9.96. The van der Waals surface area contributed by atoms with Gasteiger partial charge in [0.1, 0.15) is 5.82 Å². The molecule has 5 heteroatoms. The van der Waals surface area contributed by atoms with Crippen molar-refractivity contribution in [1.82, 2.24) is 10.2 Å². The Labute approximate surface area is 137 Å². The second-order valence-electron chi connectivity index (χ2n) is 6.48. The fourth-order valence-corrected chi connectivity index (χ4v) is 3.14. The summed E-state index contributed by atoms with van der Waals surface area (Å²) in [5, 5.41) is 11.9. The van der Waals surface area contributed by atoms with Gasteiger partial charge in [-0.05, 0) is 56.8 Å². The van der Waals surface area contributed by atoms with E-state index in [1.54, 1.807) is 12.1 Å². The largest absolute Gasteiger partial charge is 0.396 e. The summed E-state index contributed by atoms with van der Waals surface area (Å²) in [4.78, 5) is 14.6. The summed E-state index contributed by atoms with van der Waals surface area (Å²) in [5.41, 5.74) is 0.947. The van der Waals surface area contributed by atoms with Gasteiger partial charge in [-0.25, -0.2) is 4.39 Å². The molecule has 0 aliphatic carbocycles. The van der Waals surface area contributed by atoms with Gasteiger partial charge in [0.15, 0.2) is 0 Å². The lowest BCUT2D eigenvalue weighted by molar-refractivity contribution is -0.127. The molecule has 2 atom stereocenters. The van der Waals surface area contributed by atoms with Crippen LogP contribution in [0.25, 0.3) is 0 Å². The van der Waals surface area contributed by atoms with Gasteiger partial charge in [-0.15, -0.1) is 0 Å². The molecule has 2 N–H and O–H groups in total. The maximum absolute atomic E-state index is 13.3. The monoisotopic (exact) mass is 322 g/mol. The van der Waals surface area contributed by atoms with E-state index in [2.05, 4.69) is 10.2 Å². The molecule has 1 aliphatic rings. The molecule has 4 nitrogen and oxygen atoms in total. The molecule has 0 radical (unpaired) electrons. The standard InChI is InChI=1S/C18H27FN2O2/c1-14(5-4-10-22)20-18(23)16-7-3-9-21(13-16)12-15-6-2-8-17(19)11-15/h2,6,8,11,14,16,22H,3-5,7,9-10,12-13H2,1H3,(H,20,23). The fourth-order valence-electron chi connectivity index (χ4n) is 3.14. The van der Waals surface area contributed by atoms with E-state index in [0.717, 1.165) is 37.9 Å². The summed E-state index contributed by atoms with van der Waals surface area (Å²) in [6, 6.07) is 6.74. The van der Waals surface area contributed by atoms with Gasteiger partial charge in [0.25, 0.3) is 0 Å². The maximum atomic E-state index is 13.3. The van der Waals surface area contributed by atoms with Gasteiger partial charge in [0.05, 0.1) is 5.92 Å². The van der Waals surface area contributed by atoms with Crippen molar-refractivity contribution < 1.29 is 14.3 Å². The van der Waals surface area contributed by atoms with Crippen LogP contribution < -0.4 is 5.32 Å². The number of carbonyl (C=O) groups excluding carboxylic acids is 1. The number of aliphatic hydroxyl groups is 1. The van der Waals surface area contributed by atoms with E-state index in [-0.39, 0.29) is 30.3 Å². The van der Waals surface area contributed by atoms with Crippen LogP contribution in [-0.4, -0.2) is 41.7 Å². The topological polar surface area (TPSA) is 52.6 Å². The zero-order valence-electron chi connectivity index (χ0n) is 13.8. The number of piperidine rings is 1. The molecular weight excluding hydrogens is 295 g/mol. The molecule has 1 amide bonds. The first kappa shape index (κ1) is 17.9. The summed E-state index contributed by atoms with van der Waals surface area (Å²) in [7, 11) is 0. The lowest BCUT2D eigenvalue weighted by Gasteiger charge is -2.32. The minimum Gasteiger partial charge on any atom is -0.396 e. The predicted molar refractivity (Wildman–Crippen MR) is 88.3 cm³/mol. The molecule has 128 valence electrons. The molecule has 0 spiro atoms. The number of hydrogen-bond acceptors (Lipinski definition) is 3. The lowest BCUT2D eigenvalue weighted by Crippen LogP contribution is -2.45. The molecule has 1 aliphatic heterocycles. The van der Waals surface area contributed by atoms with Crippen molar-refractivity contribution in [3.8, 4) is 0 Å². The molecule has 0 aromatic heterocycles. The molecule has 1 aromatic carbocycles. The van der Waals surface area contributed by atoms with E-state index < -0.39 is 0 Å². The Morgan fingerprint density at radius 3 is 3.09 bits per heavy atom. The van der Waals surface area contributed by atoms with Crippen LogP contribution in [-0.2, 0) is 11.3 Å². The maximum Gasteiger partial charge on any atom is 0.224 e. The van der Waals surface area contributed by atoms with E-state index in [9.17, 15) is 9.18 Å². The first-order valence-corrected chi connectivity index (χ1v) is 8.46. The van der Waals surface area contributed by atoms with Gasteiger partial charge < -0.3 is 10.4 Å². The van der Waals surface area contributed by atoms with Crippen molar-refractivity contribution in [2.75, 3.05) is 19.7 Å². The van der Waals surface area contributed by atoms with Crippen molar-refractivity contribution in [2.24, 2.45) is 5.92 Å². The second kappa shape index (κ2) is 8.99. The molecular formula is C18H27FN2O2. The molecule has 1 saturated heterocycles. The molecule has 2 rings (SSSR count). The Morgan fingerprint density at radius 1 is 1.52 bits per heavy atom. The molecule has 2 unspecified atom stereocenters. The van der Waals surface area contributed by atoms with Crippen LogP contribution in [0.5, 0.6) is 0 Å². The number of aliphatic hydroxyl groups excluding tert-OH is 1. The van der Waals surface area contributed by atoms with Gasteiger partial charge in [-0.3, -0.25) is 9.69 Å². The van der Waals surface area contributed by atoms with Crippen molar-refractivity contribution in [1.29, 1.82) is 0 Å². The number of amides is 1. The van der Waals surface area contributed by atoms with Gasteiger partial charge in [0.2, 0.25) is 5.91 Å². The van der Waals surface area contributed by atoms with E-state index in [1.807, 2.05) is 13.0 Å². The van der Waals surface area contributed by atoms with Crippen LogP contribution in [0.3, 0.4) is 0 Å². The normalized spacial score (nSPS) is 20.2. The van der Waals surface area contributed by atoms with Crippen LogP contribution in [0.1, 0.15) is 38.2 Å². The highest BCUT2D eigenvalue weighted by atomic mass is 19.1. The van der Waals surface area contributed by atoms with Crippen molar-refractivity contribution in [3.05, 3.63) is 35.6 Å². The summed E-state index contributed by atoms with van der Waals surface area (Å²) < 4.78 is 13.3. The fraction of sp³-hybridized carbons (Fsp3) is 0.611. The zero-order valence-corrected chi connectivity index (χ0v) is 13.8. The number of nitrogens with one attached hydrogen (secondary N) is 1. The quantitative estimate of drug-likeness (QED) is 0.810. The SMILES string of the molecule is CC(CCCO)NC(=O)C1CCCN(Cc2cccc(F)c2)C1. The van der Waals surface area contributed by atoms with Gasteiger partial charge in [-0.1, -0.05) is 12.1 Å². The van der Waals surface area contributed by atoms with Crippen LogP contribution in [0.4, 0.5) is 4.39 Å². The summed E-state index contributed by atoms with van der Waals surface area (Å²) in [6.45, 7) is 4.48.